The van der Waals surface area contributed by atoms with Crippen LogP contribution in [0.15, 0.2) is 22.7 Å². The van der Waals surface area contributed by atoms with Crippen molar-refractivity contribution in [2.24, 2.45) is 0 Å². The molecule has 7 heteroatoms. The monoisotopic (exact) mass is 298 g/mol. The number of halogens is 4. The first-order valence-corrected chi connectivity index (χ1v) is 4.83. The summed E-state index contributed by atoms with van der Waals surface area (Å²) in [7, 11) is 0. The summed E-state index contributed by atoms with van der Waals surface area (Å²) in [6, 6.07) is 3.47. The van der Waals surface area contributed by atoms with Crippen molar-refractivity contribution >= 4 is 22.2 Å². The molecular formula is C9H6BrF3O3. The van der Waals surface area contributed by atoms with Gasteiger partial charge in [-0.05, 0) is 34.1 Å². The lowest BCUT2D eigenvalue weighted by Gasteiger charge is -2.10. The Labute approximate surface area is 97.3 Å². The molecule has 0 aliphatic heterocycles. The molecule has 0 N–H and O–H groups in total. The molecule has 0 unspecified atom stereocenters. The molecule has 0 heterocycles. The fraction of sp³-hybridized carbons (Fsp3) is 0.222. The quantitative estimate of drug-likeness (QED) is 0.802. The maximum absolute atomic E-state index is 11.9. The Hall–Kier alpha value is -1.24. The first-order chi connectivity index (χ1) is 7.42. The summed E-state index contributed by atoms with van der Waals surface area (Å²) < 4.78 is 44.5. The Kier molecular flexibility index (Phi) is 4.17. The van der Waals surface area contributed by atoms with E-state index in [1.807, 2.05) is 0 Å². The Balaban J connectivity index is 2.78. The zero-order valence-corrected chi connectivity index (χ0v) is 9.34. The third kappa shape index (κ3) is 4.09. The predicted octanol–water partition coefficient (Wildman–Crippen LogP) is 2.93. The van der Waals surface area contributed by atoms with E-state index in [1.165, 1.54) is 6.07 Å². The van der Waals surface area contributed by atoms with Crippen molar-refractivity contribution in [2.45, 2.75) is 6.36 Å². The highest BCUT2D eigenvalue weighted by molar-refractivity contribution is 9.10. The van der Waals surface area contributed by atoms with Gasteiger partial charge in [0.1, 0.15) is 18.1 Å². The molecule has 0 amide bonds. The lowest BCUT2D eigenvalue weighted by atomic mass is 10.3. The van der Waals surface area contributed by atoms with Crippen LogP contribution in [0.1, 0.15) is 0 Å². The standard InChI is InChI=1S/C9H6BrF3O3/c10-7-5-6(16-9(11,12)13)1-2-8(7)15-4-3-14/h1-3,5H,4H2. The van der Waals surface area contributed by atoms with E-state index in [4.69, 9.17) is 4.74 Å². The average Bonchev–Trinajstić information content (AvgIpc) is 2.14. The van der Waals surface area contributed by atoms with Crippen LogP contribution in [-0.2, 0) is 4.79 Å². The van der Waals surface area contributed by atoms with Crippen molar-refractivity contribution < 1.29 is 27.4 Å². The summed E-state index contributed by atoms with van der Waals surface area (Å²) in [5.74, 6) is -0.0977. The van der Waals surface area contributed by atoms with E-state index in [2.05, 4.69) is 20.7 Å². The van der Waals surface area contributed by atoms with Crippen molar-refractivity contribution in [1.82, 2.24) is 0 Å². The largest absolute Gasteiger partial charge is 0.573 e. The molecule has 0 bridgehead atoms. The van der Waals surface area contributed by atoms with Gasteiger partial charge in [0.2, 0.25) is 0 Å². The number of alkyl halides is 3. The van der Waals surface area contributed by atoms with E-state index in [0.29, 0.717) is 6.29 Å². The van der Waals surface area contributed by atoms with Gasteiger partial charge in [-0.15, -0.1) is 13.2 Å². The summed E-state index contributed by atoms with van der Waals surface area (Å²) in [6.45, 7) is -0.169. The number of carbonyl (C=O) groups excluding carboxylic acids is 1. The second kappa shape index (κ2) is 5.20. The van der Waals surface area contributed by atoms with Crippen molar-refractivity contribution in [3.05, 3.63) is 22.7 Å². The second-order valence-electron chi connectivity index (χ2n) is 2.62. The van der Waals surface area contributed by atoms with Crippen LogP contribution >= 0.6 is 15.9 Å². The lowest BCUT2D eigenvalue weighted by molar-refractivity contribution is -0.274. The molecule has 0 aromatic heterocycles. The van der Waals surface area contributed by atoms with Crippen LogP contribution in [0.4, 0.5) is 13.2 Å². The molecule has 0 radical (unpaired) electrons. The van der Waals surface area contributed by atoms with Crippen molar-refractivity contribution in [3.8, 4) is 11.5 Å². The van der Waals surface area contributed by atoms with E-state index in [1.54, 1.807) is 0 Å². The van der Waals surface area contributed by atoms with Gasteiger partial charge < -0.3 is 9.47 Å². The molecule has 0 spiro atoms. The minimum absolute atomic E-state index is 0.169. The van der Waals surface area contributed by atoms with Gasteiger partial charge in [-0.2, -0.15) is 0 Å². The average molecular weight is 299 g/mol. The topological polar surface area (TPSA) is 35.5 Å². The summed E-state index contributed by atoms with van der Waals surface area (Å²) in [6.07, 6.45) is -4.20. The van der Waals surface area contributed by atoms with Crippen LogP contribution in [-0.4, -0.2) is 19.3 Å². The van der Waals surface area contributed by atoms with Gasteiger partial charge in [-0.1, -0.05) is 0 Å². The first kappa shape index (κ1) is 12.8. The van der Waals surface area contributed by atoms with Crippen molar-refractivity contribution in [1.29, 1.82) is 0 Å². The van der Waals surface area contributed by atoms with E-state index >= 15 is 0 Å². The van der Waals surface area contributed by atoms with E-state index in [-0.39, 0.29) is 22.6 Å². The minimum Gasteiger partial charge on any atom is -0.485 e. The van der Waals surface area contributed by atoms with Crippen LogP contribution in [0.2, 0.25) is 0 Å². The van der Waals surface area contributed by atoms with Crippen LogP contribution in [0, 0.1) is 0 Å². The third-order valence-electron chi connectivity index (χ3n) is 1.44. The molecule has 1 rings (SSSR count). The highest BCUT2D eigenvalue weighted by Crippen LogP contribution is 2.31. The maximum atomic E-state index is 11.9. The van der Waals surface area contributed by atoms with Gasteiger partial charge in [-0.25, -0.2) is 0 Å². The second-order valence-corrected chi connectivity index (χ2v) is 3.47. The molecule has 0 saturated carbocycles. The van der Waals surface area contributed by atoms with Gasteiger partial charge in [0.05, 0.1) is 4.47 Å². The summed E-state index contributed by atoms with van der Waals surface area (Å²) >= 11 is 3.00. The molecule has 0 atom stereocenters. The summed E-state index contributed by atoms with van der Waals surface area (Å²) in [5.41, 5.74) is 0. The van der Waals surface area contributed by atoms with E-state index < -0.39 is 6.36 Å². The zero-order chi connectivity index (χ0) is 12.2. The molecule has 88 valence electrons. The fourth-order valence-electron chi connectivity index (χ4n) is 0.920. The molecule has 0 aliphatic rings. The van der Waals surface area contributed by atoms with Gasteiger partial charge in [0, 0.05) is 0 Å². The lowest BCUT2D eigenvalue weighted by Crippen LogP contribution is -2.17. The number of aldehydes is 1. The zero-order valence-electron chi connectivity index (χ0n) is 7.75. The molecular weight excluding hydrogens is 293 g/mol. The third-order valence-corrected chi connectivity index (χ3v) is 2.06. The molecule has 3 nitrogen and oxygen atoms in total. The first-order valence-electron chi connectivity index (χ1n) is 4.04. The highest BCUT2D eigenvalue weighted by Gasteiger charge is 2.31. The molecule has 0 saturated heterocycles. The SMILES string of the molecule is O=CCOc1ccc(OC(F)(F)F)cc1Br. The van der Waals surface area contributed by atoms with Gasteiger partial charge in [0.15, 0.2) is 6.29 Å². The Morgan fingerprint density at radius 1 is 1.38 bits per heavy atom. The normalized spacial score (nSPS) is 11.0. The van der Waals surface area contributed by atoms with Crippen molar-refractivity contribution in [3.63, 3.8) is 0 Å². The smallest absolute Gasteiger partial charge is 0.485 e. The summed E-state index contributed by atoms with van der Waals surface area (Å²) in [4.78, 5) is 10.0. The summed E-state index contributed by atoms with van der Waals surface area (Å²) in [5, 5.41) is 0. The maximum Gasteiger partial charge on any atom is 0.573 e. The van der Waals surface area contributed by atoms with E-state index in [9.17, 15) is 18.0 Å². The number of rotatable bonds is 4. The van der Waals surface area contributed by atoms with Crippen molar-refractivity contribution in [2.75, 3.05) is 6.61 Å². The Morgan fingerprint density at radius 2 is 2.06 bits per heavy atom. The number of benzene rings is 1. The Morgan fingerprint density at radius 3 is 2.56 bits per heavy atom. The van der Waals surface area contributed by atoms with Crippen LogP contribution in [0.5, 0.6) is 11.5 Å². The Bertz CT molecular complexity index is 379. The van der Waals surface area contributed by atoms with Gasteiger partial charge in [0.25, 0.3) is 0 Å². The van der Waals surface area contributed by atoms with Gasteiger partial charge in [-0.3, -0.25) is 4.79 Å². The number of carbonyl (C=O) groups is 1. The number of hydrogen-bond donors (Lipinski definition) is 0. The number of hydrogen-bond acceptors (Lipinski definition) is 3. The molecule has 1 aromatic rings. The molecule has 0 aliphatic carbocycles. The van der Waals surface area contributed by atoms with Gasteiger partial charge >= 0.3 is 6.36 Å². The van der Waals surface area contributed by atoms with Crippen LogP contribution < -0.4 is 9.47 Å². The van der Waals surface area contributed by atoms with Crippen LogP contribution in [0.3, 0.4) is 0 Å². The number of ether oxygens (including phenoxy) is 2. The fourth-order valence-corrected chi connectivity index (χ4v) is 1.39. The van der Waals surface area contributed by atoms with E-state index in [0.717, 1.165) is 12.1 Å². The predicted molar refractivity (Wildman–Crippen MR) is 52.4 cm³/mol. The van der Waals surface area contributed by atoms with Crippen LogP contribution in [0.25, 0.3) is 0 Å². The highest BCUT2D eigenvalue weighted by atomic mass is 79.9. The molecule has 0 fully saturated rings. The minimum atomic E-state index is -4.73. The molecule has 1 aromatic carbocycles. The molecule has 16 heavy (non-hydrogen) atoms.